The van der Waals surface area contributed by atoms with Crippen molar-refractivity contribution in [1.82, 2.24) is 4.90 Å². The average Bonchev–Trinajstić information content (AvgIpc) is 3.09. The normalized spacial score (nSPS) is 16.1. The number of piperazine rings is 1. The Morgan fingerprint density at radius 1 is 0.966 bits per heavy atom. The molecule has 0 aromatic heterocycles. The van der Waals surface area contributed by atoms with Crippen LogP contribution in [0.1, 0.15) is 35.3 Å². The third-order valence-electron chi connectivity index (χ3n) is 6.00. The van der Waals surface area contributed by atoms with Crippen LogP contribution in [0.4, 0.5) is 5.69 Å². The van der Waals surface area contributed by atoms with Crippen LogP contribution in [-0.2, 0) is 11.2 Å². The van der Waals surface area contributed by atoms with E-state index in [4.69, 9.17) is 4.74 Å². The number of benzene rings is 2. The van der Waals surface area contributed by atoms with Crippen LogP contribution in [0.15, 0.2) is 48.0 Å². The van der Waals surface area contributed by atoms with Crippen LogP contribution in [-0.4, -0.2) is 49.9 Å². The van der Waals surface area contributed by atoms with Gasteiger partial charge in [0.1, 0.15) is 5.75 Å². The predicted octanol–water partition coefficient (Wildman–Crippen LogP) is 3.58. The molecule has 0 saturated carbocycles. The number of amides is 1. The zero-order chi connectivity index (χ0) is 20.5. The average molecular weight is 390 g/mol. The molecule has 1 fully saturated rings. The number of hydrogen-bond acceptors (Lipinski definition) is 4. The summed E-state index contributed by atoms with van der Waals surface area (Å²) < 4.78 is 5.22. The van der Waals surface area contributed by atoms with E-state index in [1.54, 1.807) is 14.0 Å². The van der Waals surface area contributed by atoms with Gasteiger partial charge in [-0.3, -0.25) is 9.59 Å². The van der Waals surface area contributed by atoms with Crippen molar-refractivity contribution in [2.45, 2.75) is 20.3 Å². The lowest BCUT2D eigenvalue weighted by molar-refractivity contribution is -0.127. The summed E-state index contributed by atoms with van der Waals surface area (Å²) in [7, 11) is 1.66. The van der Waals surface area contributed by atoms with Gasteiger partial charge in [-0.25, -0.2) is 0 Å². The van der Waals surface area contributed by atoms with Gasteiger partial charge in [-0.15, -0.1) is 0 Å². The zero-order valence-corrected chi connectivity index (χ0v) is 17.2. The Hall–Kier alpha value is -3.08. The van der Waals surface area contributed by atoms with Gasteiger partial charge in [0.05, 0.1) is 7.11 Å². The van der Waals surface area contributed by atoms with Gasteiger partial charge in [-0.05, 0) is 60.9 Å². The van der Waals surface area contributed by atoms with Crippen molar-refractivity contribution in [1.29, 1.82) is 0 Å². The first-order valence-corrected chi connectivity index (χ1v) is 10.00. The fourth-order valence-electron chi connectivity index (χ4n) is 4.17. The fourth-order valence-corrected chi connectivity index (χ4v) is 4.17. The lowest BCUT2D eigenvalue weighted by atomic mass is 10.0. The van der Waals surface area contributed by atoms with Gasteiger partial charge in [0.2, 0.25) is 0 Å². The lowest BCUT2D eigenvalue weighted by Gasteiger charge is -2.36. The van der Waals surface area contributed by atoms with Crippen molar-refractivity contribution in [2.24, 2.45) is 0 Å². The molecule has 1 aliphatic heterocycles. The van der Waals surface area contributed by atoms with Crippen molar-refractivity contribution in [3.63, 3.8) is 0 Å². The highest BCUT2D eigenvalue weighted by atomic mass is 16.5. The second-order valence-corrected chi connectivity index (χ2v) is 7.69. The van der Waals surface area contributed by atoms with E-state index >= 15 is 0 Å². The molecule has 2 aliphatic rings. The number of fused-ring (bicyclic) bond motifs is 1. The van der Waals surface area contributed by atoms with Crippen LogP contribution >= 0.6 is 0 Å². The predicted molar refractivity (Wildman–Crippen MR) is 115 cm³/mol. The maximum atomic E-state index is 13.2. The Bertz CT molecular complexity index is 984. The quantitative estimate of drug-likeness (QED) is 0.749. The second-order valence-electron chi connectivity index (χ2n) is 7.69. The number of hydrogen-bond donors (Lipinski definition) is 0. The molecule has 2 aromatic rings. The first-order chi connectivity index (χ1) is 14.0. The minimum atomic E-state index is 0.0510. The third kappa shape index (κ3) is 3.65. The number of anilines is 1. The van der Waals surface area contributed by atoms with Crippen LogP contribution in [0.25, 0.3) is 5.57 Å². The van der Waals surface area contributed by atoms with E-state index in [1.807, 2.05) is 42.2 Å². The molecule has 0 N–H and O–H groups in total. The minimum absolute atomic E-state index is 0.0510. The number of rotatable bonds is 4. The smallest absolute Gasteiger partial charge is 0.250 e. The van der Waals surface area contributed by atoms with E-state index in [9.17, 15) is 9.59 Å². The van der Waals surface area contributed by atoms with Crippen molar-refractivity contribution in [2.75, 3.05) is 38.2 Å². The molecular formula is C24H26N2O3. The molecule has 1 amide bonds. The largest absolute Gasteiger partial charge is 0.497 e. The van der Waals surface area contributed by atoms with E-state index in [0.29, 0.717) is 25.1 Å². The molecule has 0 atom stereocenters. The molecule has 1 aliphatic carbocycles. The van der Waals surface area contributed by atoms with Crippen LogP contribution < -0.4 is 9.64 Å². The molecule has 1 heterocycles. The molecule has 4 rings (SSSR count). The molecule has 150 valence electrons. The number of nitrogens with zero attached hydrogens (tertiary/aromatic N) is 2. The summed E-state index contributed by atoms with van der Waals surface area (Å²) in [5.41, 5.74) is 5.89. The number of ketones is 1. The number of methoxy groups -OCH3 is 1. The van der Waals surface area contributed by atoms with Crippen molar-refractivity contribution in [3.05, 3.63) is 64.7 Å². The zero-order valence-electron chi connectivity index (χ0n) is 17.2. The molecule has 0 spiro atoms. The lowest BCUT2D eigenvalue weighted by Crippen LogP contribution is -2.49. The number of carbonyl (C=O) groups excluding carboxylic acids is 2. The van der Waals surface area contributed by atoms with E-state index in [0.717, 1.165) is 46.8 Å². The van der Waals surface area contributed by atoms with Gasteiger partial charge < -0.3 is 14.5 Å². The molecule has 0 bridgehead atoms. The molecule has 0 radical (unpaired) electrons. The molecule has 0 unspecified atom stereocenters. The van der Waals surface area contributed by atoms with E-state index < -0.39 is 0 Å². The van der Waals surface area contributed by atoms with Crippen LogP contribution in [0.2, 0.25) is 0 Å². The molecular weight excluding hydrogens is 364 g/mol. The minimum Gasteiger partial charge on any atom is -0.497 e. The summed E-state index contributed by atoms with van der Waals surface area (Å²) in [5, 5.41) is 0. The van der Waals surface area contributed by atoms with Gasteiger partial charge in [-0.2, -0.15) is 0 Å². The molecule has 5 nitrogen and oxygen atoms in total. The Balaban J connectivity index is 1.45. The Morgan fingerprint density at radius 2 is 1.66 bits per heavy atom. The maximum Gasteiger partial charge on any atom is 0.250 e. The van der Waals surface area contributed by atoms with Gasteiger partial charge >= 0.3 is 0 Å². The summed E-state index contributed by atoms with van der Waals surface area (Å²) in [4.78, 5) is 29.1. The van der Waals surface area contributed by atoms with Crippen molar-refractivity contribution in [3.8, 4) is 5.75 Å². The fraction of sp³-hybridized carbons (Fsp3) is 0.333. The van der Waals surface area contributed by atoms with Gasteiger partial charge in [0.25, 0.3) is 5.91 Å². The van der Waals surface area contributed by atoms with E-state index in [2.05, 4.69) is 17.0 Å². The monoisotopic (exact) mass is 390 g/mol. The highest BCUT2D eigenvalue weighted by molar-refractivity contribution is 6.04. The number of ether oxygens (including phenoxy) is 1. The Morgan fingerprint density at radius 3 is 2.28 bits per heavy atom. The number of carbonyl (C=O) groups is 2. The first kappa shape index (κ1) is 19.2. The summed E-state index contributed by atoms with van der Waals surface area (Å²) in [6.07, 6.45) is 0.650. The summed E-state index contributed by atoms with van der Waals surface area (Å²) >= 11 is 0. The third-order valence-corrected chi connectivity index (χ3v) is 6.00. The van der Waals surface area contributed by atoms with Crippen molar-refractivity contribution >= 4 is 23.0 Å². The van der Waals surface area contributed by atoms with Crippen LogP contribution in [0.3, 0.4) is 0 Å². The Labute approximate surface area is 171 Å². The molecule has 5 heteroatoms. The maximum absolute atomic E-state index is 13.2. The summed E-state index contributed by atoms with van der Waals surface area (Å²) in [6.45, 7) is 6.60. The Kier molecular flexibility index (Phi) is 5.14. The number of allylic oxidation sites excluding steroid dienone is 1. The van der Waals surface area contributed by atoms with E-state index in [1.165, 1.54) is 0 Å². The van der Waals surface area contributed by atoms with Gasteiger partial charge in [0, 0.05) is 49.4 Å². The second kappa shape index (κ2) is 7.74. The van der Waals surface area contributed by atoms with E-state index in [-0.39, 0.29) is 11.7 Å². The highest BCUT2D eigenvalue weighted by Crippen LogP contribution is 2.34. The SMILES string of the molecule is COc1ccc(N2CCN(C(=O)C3=C(C)c4cc(C(C)=O)ccc4C3)CC2)cc1. The van der Waals surface area contributed by atoms with Crippen LogP contribution in [0, 0.1) is 0 Å². The number of Topliss-reactive ketones (excluding diaryl/α,β-unsaturated/α-hetero) is 1. The van der Waals surface area contributed by atoms with Crippen LogP contribution in [0.5, 0.6) is 5.75 Å². The summed E-state index contributed by atoms with van der Waals surface area (Å²) in [5.74, 6) is 1.02. The first-order valence-electron chi connectivity index (χ1n) is 10.00. The molecule has 1 saturated heterocycles. The highest BCUT2D eigenvalue weighted by Gasteiger charge is 2.29. The topological polar surface area (TPSA) is 49.9 Å². The van der Waals surface area contributed by atoms with Gasteiger partial charge in [-0.1, -0.05) is 12.1 Å². The summed E-state index contributed by atoms with van der Waals surface area (Å²) in [6, 6.07) is 13.8. The van der Waals surface area contributed by atoms with Gasteiger partial charge in [0.15, 0.2) is 5.78 Å². The van der Waals surface area contributed by atoms with Crippen molar-refractivity contribution < 1.29 is 14.3 Å². The molecule has 2 aromatic carbocycles. The molecule has 29 heavy (non-hydrogen) atoms. The standard InChI is InChI=1S/C24H26N2O3/c1-16-22-14-18(17(2)27)4-5-19(22)15-23(16)24(28)26-12-10-25(11-13-26)20-6-8-21(29-3)9-7-20/h4-9,14H,10-13,15H2,1-3H3.